The lowest BCUT2D eigenvalue weighted by Crippen LogP contribution is -2.36. The molecule has 5 heteroatoms. The van der Waals surface area contributed by atoms with Crippen LogP contribution in [0.3, 0.4) is 0 Å². The van der Waals surface area contributed by atoms with E-state index in [9.17, 15) is 8.42 Å². The first-order chi connectivity index (χ1) is 5.41. The molecule has 2 N–H and O–H groups in total. The molecule has 0 amide bonds. The van der Waals surface area contributed by atoms with Crippen LogP contribution in [0.5, 0.6) is 0 Å². The van der Waals surface area contributed by atoms with Crippen LogP contribution in [0, 0.1) is 5.41 Å². The molecule has 1 saturated heterocycles. The average Bonchev–Trinajstić information content (AvgIpc) is 2.32. The molecule has 0 radical (unpaired) electrons. The minimum atomic E-state index is -3.03. The number of hydrogen-bond donors (Lipinski definition) is 2. The van der Waals surface area contributed by atoms with Crippen molar-refractivity contribution in [3.05, 3.63) is 0 Å². The van der Waals surface area contributed by atoms with E-state index in [0.29, 0.717) is 6.54 Å². The lowest BCUT2D eigenvalue weighted by Gasteiger charge is -2.21. The van der Waals surface area contributed by atoms with Gasteiger partial charge in [0, 0.05) is 13.1 Å². The maximum Gasteiger partial charge on any atom is 0.208 e. The highest BCUT2D eigenvalue weighted by Crippen LogP contribution is 2.22. The monoisotopic (exact) mass is 192 g/mol. The van der Waals surface area contributed by atoms with Gasteiger partial charge in [0.25, 0.3) is 0 Å². The van der Waals surface area contributed by atoms with E-state index < -0.39 is 10.0 Å². The van der Waals surface area contributed by atoms with Crippen molar-refractivity contribution >= 4 is 10.0 Å². The molecule has 0 saturated carbocycles. The third-order valence-corrected chi connectivity index (χ3v) is 2.89. The molecule has 1 unspecified atom stereocenters. The van der Waals surface area contributed by atoms with Crippen molar-refractivity contribution in [1.82, 2.24) is 10.0 Å². The highest BCUT2D eigenvalue weighted by Gasteiger charge is 2.28. The van der Waals surface area contributed by atoms with Crippen LogP contribution in [-0.4, -0.2) is 34.3 Å². The molecule has 12 heavy (non-hydrogen) atoms. The van der Waals surface area contributed by atoms with Crippen molar-refractivity contribution < 1.29 is 8.42 Å². The normalized spacial score (nSPS) is 30.8. The maximum atomic E-state index is 10.8. The van der Waals surface area contributed by atoms with Gasteiger partial charge in [0.1, 0.15) is 0 Å². The number of hydrogen-bond acceptors (Lipinski definition) is 3. The van der Waals surface area contributed by atoms with Crippen molar-refractivity contribution in [2.45, 2.75) is 13.3 Å². The van der Waals surface area contributed by atoms with Crippen LogP contribution >= 0.6 is 0 Å². The van der Waals surface area contributed by atoms with Gasteiger partial charge in [-0.1, -0.05) is 6.92 Å². The lowest BCUT2D eigenvalue weighted by molar-refractivity contribution is 0.363. The fourth-order valence-electron chi connectivity index (χ4n) is 1.32. The van der Waals surface area contributed by atoms with Crippen LogP contribution < -0.4 is 10.0 Å². The Kier molecular flexibility index (Phi) is 2.75. The molecule has 0 aromatic carbocycles. The van der Waals surface area contributed by atoms with Crippen molar-refractivity contribution in [2.75, 3.05) is 25.9 Å². The Morgan fingerprint density at radius 2 is 2.25 bits per heavy atom. The quantitative estimate of drug-likeness (QED) is 0.636. The minimum absolute atomic E-state index is 0.100. The number of nitrogens with one attached hydrogen (secondary N) is 2. The zero-order valence-electron chi connectivity index (χ0n) is 7.55. The van der Waals surface area contributed by atoms with Crippen molar-refractivity contribution in [3.8, 4) is 0 Å². The van der Waals surface area contributed by atoms with Gasteiger partial charge < -0.3 is 5.32 Å². The molecule has 0 aromatic heterocycles. The van der Waals surface area contributed by atoms with Gasteiger partial charge in [-0.25, -0.2) is 13.1 Å². The Bertz CT molecular complexity index is 242. The smallest absolute Gasteiger partial charge is 0.208 e. The van der Waals surface area contributed by atoms with Gasteiger partial charge in [-0.15, -0.1) is 0 Å². The van der Waals surface area contributed by atoms with Crippen molar-refractivity contribution in [1.29, 1.82) is 0 Å². The average molecular weight is 192 g/mol. The predicted molar refractivity (Wildman–Crippen MR) is 48.4 cm³/mol. The highest BCUT2D eigenvalue weighted by atomic mass is 32.2. The summed E-state index contributed by atoms with van der Waals surface area (Å²) in [4.78, 5) is 0. The van der Waals surface area contributed by atoms with Gasteiger partial charge in [-0.05, 0) is 18.4 Å². The Morgan fingerprint density at radius 3 is 2.67 bits per heavy atom. The molecular formula is C7H16N2O2S. The molecule has 1 fully saturated rings. The standard InChI is InChI=1S/C7H16N2O2S/c1-7(3-4-8-5-7)6-9-12(2,10)11/h8-9H,3-6H2,1-2H3. The van der Waals surface area contributed by atoms with E-state index in [1.165, 1.54) is 6.26 Å². The fourth-order valence-corrected chi connectivity index (χ4v) is 1.94. The molecule has 4 nitrogen and oxygen atoms in total. The third-order valence-electron chi connectivity index (χ3n) is 2.22. The first-order valence-electron chi connectivity index (χ1n) is 4.07. The van der Waals surface area contributed by atoms with E-state index in [-0.39, 0.29) is 5.41 Å². The Hall–Kier alpha value is -0.130. The van der Waals surface area contributed by atoms with Gasteiger partial charge >= 0.3 is 0 Å². The van der Waals surface area contributed by atoms with Crippen LogP contribution in [0.1, 0.15) is 13.3 Å². The fraction of sp³-hybridized carbons (Fsp3) is 1.00. The lowest BCUT2D eigenvalue weighted by atomic mass is 9.90. The summed E-state index contributed by atoms with van der Waals surface area (Å²) in [5.74, 6) is 0. The van der Waals surface area contributed by atoms with Crippen molar-refractivity contribution in [2.24, 2.45) is 5.41 Å². The summed E-state index contributed by atoms with van der Waals surface area (Å²) < 4.78 is 24.1. The second-order valence-corrected chi connectivity index (χ2v) is 5.66. The van der Waals surface area contributed by atoms with Crippen LogP contribution in [0.25, 0.3) is 0 Å². The number of sulfonamides is 1. The molecule has 0 bridgehead atoms. The minimum Gasteiger partial charge on any atom is -0.316 e. The first-order valence-corrected chi connectivity index (χ1v) is 5.96. The Balaban J connectivity index is 2.41. The third kappa shape index (κ3) is 3.08. The molecule has 72 valence electrons. The summed E-state index contributed by atoms with van der Waals surface area (Å²) in [7, 11) is -3.03. The summed E-state index contributed by atoms with van der Waals surface area (Å²) in [5, 5.41) is 3.21. The zero-order valence-corrected chi connectivity index (χ0v) is 8.37. The summed E-state index contributed by atoms with van der Waals surface area (Å²) in [5.41, 5.74) is 0.100. The predicted octanol–water partition coefficient (Wildman–Crippen LogP) is -0.465. The second-order valence-electron chi connectivity index (χ2n) is 3.83. The van der Waals surface area contributed by atoms with E-state index in [1.807, 2.05) is 0 Å². The molecule has 0 aromatic rings. The zero-order chi connectivity index (χ0) is 9.24. The highest BCUT2D eigenvalue weighted by molar-refractivity contribution is 7.88. The summed E-state index contributed by atoms with van der Waals surface area (Å²) in [6.07, 6.45) is 2.23. The summed E-state index contributed by atoms with van der Waals surface area (Å²) in [6.45, 7) is 4.52. The van der Waals surface area contributed by atoms with E-state index in [2.05, 4.69) is 17.0 Å². The second kappa shape index (κ2) is 3.32. The molecule has 0 spiro atoms. The number of rotatable bonds is 3. The SMILES string of the molecule is CC1(CNS(C)(=O)=O)CCNC1. The van der Waals surface area contributed by atoms with E-state index in [0.717, 1.165) is 19.5 Å². The van der Waals surface area contributed by atoms with Crippen molar-refractivity contribution in [3.63, 3.8) is 0 Å². The summed E-state index contributed by atoms with van der Waals surface area (Å²) in [6, 6.07) is 0. The van der Waals surface area contributed by atoms with Gasteiger partial charge in [-0.3, -0.25) is 0 Å². The largest absolute Gasteiger partial charge is 0.316 e. The summed E-state index contributed by atoms with van der Waals surface area (Å²) >= 11 is 0. The molecular weight excluding hydrogens is 176 g/mol. The first kappa shape index (κ1) is 9.95. The van der Waals surface area contributed by atoms with Crippen LogP contribution in [0.15, 0.2) is 0 Å². The van der Waals surface area contributed by atoms with E-state index in [4.69, 9.17) is 0 Å². The van der Waals surface area contributed by atoms with Gasteiger partial charge in [-0.2, -0.15) is 0 Å². The maximum absolute atomic E-state index is 10.8. The van der Waals surface area contributed by atoms with E-state index in [1.54, 1.807) is 0 Å². The van der Waals surface area contributed by atoms with E-state index >= 15 is 0 Å². The van der Waals surface area contributed by atoms with Crippen LogP contribution in [-0.2, 0) is 10.0 Å². The van der Waals surface area contributed by atoms with Crippen LogP contribution in [0.4, 0.5) is 0 Å². The Morgan fingerprint density at radius 1 is 1.58 bits per heavy atom. The molecule has 1 aliphatic heterocycles. The molecule has 1 heterocycles. The molecule has 0 aliphatic carbocycles. The molecule has 1 rings (SSSR count). The Labute approximate surface area is 73.8 Å². The van der Waals surface area contributed by atoms with Crippen LogP contribution in [0.2, 0.25) is 0 Å². The van der Waals surface area contributed by atoms with Gasteiger partial charge in [0.2, 0.25) is 10.0 Å². The molecule has 1 aliphatic rings. The van der Waals surface area contributed by atoms with Gasteiger partial charge in [0.05, 0.1) is 6.26 Å². The molecule has 1 atom stereocenters. The topological polar surface area (TPSA) is 58.2 Å². The van der Waals surface area contributed by atoms with Gasteiger partial charge in [0.15, 0.2) is 0 Å².